The average molecular weight is 408 g/mol. The fourth-order valence-electron chi connectivity index (χ4n) is 3.23. The van der Waals surface area contributed by atoms with Crippen LogP contribution in [-0.2, 0) is 13.0 Å². The molecule has 4 rings (SSSR count). The third-order valence-electron chi connectivity index (χ3n) is 4.85. The molecule has 0 aliphatic rings. The van der Waals surface area contributed by atoms with E-state index in [9.17, 15) is 4.79 Å². The minimum absolute atomic E-state index is 0.0473. The Morgan fingerprint density at radius 3 is 2.75 bits per heavy atom. The lowest BCUT2D eigenvalue weighted by molar-refractivity contribution is 0.0667. The van der Waals surface area contributed by atoms with Gasteiger partial charge in [0.1, 0.15) is 5.01 Å². The molecule has 0 saturated carbocycles. The number of aryl methyl sites for hydroxylation is 1. The van der Waals surface area contributed by atoms with Crippen molar-refractivity contribution in [1.29, 1.82) is 0 Å². The van der Waals surface area contributed by atoms with Crippen LogP contribution < -0.4 is 0 Å². The summed E-state index contributed by atoms with van der Waals surface area (Å²) in [7, 11) is 0. The zero-order valence-electron chi connectivity index (χ0n) is 15.6. The molecule has 0 radical (unpaired) electrons. The van der Waals surface area contributed by atoms with E-state index in [-0.39, 0.29) is 11.9 Å². The molecule has 0 unspecified atom stereocenters. The first-order valence-corrected chi connectivity index (χ1v) is 11.0. The van der Waals surface area contributed by atoms with E-state index in [1.54, 1.807) is 28.9 Å². The third-order valence-corrected chi connectivity index (χ3v) is 6.41. The lowest BCUT2D eigenvalue weighted by atomic mass is 10.0. The Morgan fingerprint density at radius 1 is 1.11 bits per heavy atom. The van der Waals surface area contributed by atoms with Crippen LogP contribution in [0.1, 0.15) is 34.3 Å². The van der Waals surface area contributed by atoms with Crippen LogP contribution >= 0.6 is 22.7 Å². The molecule has 0 N–H and O–H groups in total. The van der Waals surface area contributed by atoms with E-state index in [1.807, 2.05) is 40.1 Å². The van der Waals surface area contributed by atoms with Crippen molar-refractivity contribution in [2.24, 2.45) is 0 Å². The van der Waals surface area contributed by atoms with Gasteiger partial charge in [0.2, 0.25) is 0 Å². The summed E-state index contributed by atoms with van der Waals surface area (Å²) in [5.74, 6) is 0.0473. The molecular weight excluding hydrogens is 386 g/mol. The molecule has 1 atom stereocenters. The van der Waals surface area contributed by atoms with E-state index in [2.05, 4.69) is 41.2 Å². The Kier molecular flexibility index (Phi) is 5.78. The Hall–Kier alpha value is -2.57. The summed E-state index contributed by atoms with van der Waals surface area (Å²) < 4.78 is 1.04. The monoisotopic (exact) mass is 407 g/mol. The molecule has 4 aromatic rings. The van der Waals surface area contributed by atoms with Gasteiger partial charge >= 0.3 is 0 Å². The van der Waals surface area contributed by atoms with E-state index < -0.39 is 0 Å². The highest BCUT2D eigenvalue weighted by Crippen LogP contribution is 2.23. The standard InChI is InChI=1S/C22H21N3OS2/c1-16(7-8-17-5-3-2-4-6-17)25(14-21-23-11-12-27-21)22(26)18-9-10-19-20(13-18)28-15-24-19/h2-6,9-13,15-16H,7-8,14H2,1H3/t16-/m1/s1. The van der Waals surface area contributed by atoms with Crippen LogP contribution in [0.2, 0.25) is 0 Å². The topological polar surface area (TPSA) is 46.1 Å². The largest absolute Gasteiger partial charge is 0.329 e. The van der Waals surface area contributed by atoms with Gasteiger partial charge in [-0.2, -0.15) is 0 Å². The van der Waals surface area contributed by atoms with Crippen molar-refractivity contribution in [2.45, 2.75) is 32.4 Å². The van der Waals surface area contributed by atoms with Crippen molar-refractivity contribution < 1.29 is 4.79 Å². The van der Waals surface area contributed by atoms with Gasteiger partial charge in [-0.05, 0) is 43.5 Å². The number of aromatic nitrogens is 2. The van der Waals surface area contributed by atoms with Crippen LogP contribution in [0.5, 0.6) is 0 Å². The van der Waals surface area contributed by atoms with Crippen molar-refractivity contribution in [2.75, 3.05) is 0 Å². The third kappa shape index (κ3) is 4.29. The van der Waals surface area contributed by atoms with Gasteiger partial charge in [0.15, 0.2) is 0 Å². The predicted molar refractivity (Wildman–Crippen MR) is 116 cm³/mol. The van der Waals surface area contributed by atoms with E-state index in [0.717, 1.165) is 28.1 Å². The second-order valence-corrected chi connectivity index (χ2v) is 8.63. The molecular formula is C22H21N3OS2. The average Bonchev–Trinajstić information content (AvgIpc) is 3.41. The lowest BCUT2D eigenvalue weighted by Crippen LogP contribution is -2.38. The van der Waals surface area contributed by atoms with E-state index >= 15 is 0 Å². The van der Waals surface area contributed by atoms with Crippen molar-refractivity contribution in [1.82, 2.24) is 14.9 Å². The molecule has 0 aliphatic heterocycles. The SMILES string of the molecule is C[C@H](CCc1ccccc1)N(Cc1nccs1)C(=O)c1ccc2ncsc2c1. The molecule has 142 valence electrons. The summed E-state index contributed by atoms with van der Waals surface area (Å²) in [6.07, 6.45) is 3.64. The Balaban J connectivity index is 1.55. The first kappa shape index (κ1) is 18.8. The Labute approximate surface area is 172 Å². The highest BCUT2D eigenvalue weighted by molar-refractivity contribution is 7.16. The number of nitrogens with zero attached hydrogens (tertiary/aromatic N) is 3. The maximum atomic E-state index is 13.4. The second kappa shape index (κ2) is 8.63. The van der Waals surface area contributed by atoms with Crippen molar-refractivity contribution in [3.05, 3.63) is 81.8 Å². The summed E-state index contributed by atoms with van der Waals surface area (Å²) in [5.41, 5.74) is 4.75. The summed E-state index contributed by atoms with van der Waals surface area (Å²) in [6, 6.07) is 16.3. The summed E-state index contributed by atoms with van der Waals surface area (Å²) in [5, 5.41) is 2.91. The molecule has 0 aliphatic carbocycles. The second-order valence-electron chi connectivity index (χ2n) is 6.77. The highest BCUT2D eigenvalue weighted by atomic mass is 32.1. The Morgan fingerprint density at radius 2 is 1.96 bits per heavy atom. The quantitative estimate of drug-likeness (QED) is 0.411. The number of amides is 1. The fourth-order valence-corrected chi connectivity index (χ4v) is 4.57. The van der Waals surface area contributed by atoms with Gasteiger partial charge in [-0.1, -0.05) is 30.3 Å². The minimum Gasteiger partial charge on any atom is -0.329 e. The van der Waals surface area contributed by atoms with Crippen LogP contribution in [0.25, 0.3) is 10.2 Å². The molecule has 2 aromatic carbocycles. The normalized spacial score (nSPS) is 12.2. The number of benzene rings is 2. The van der Waals surface area contributed by atoms with Crippen LogP contribution in [0.15, 0.2) is 65.6 Å². The lowest BCUT2D eigenvalue weighted by Gasteiger charge is -2.29. The molecule has 2 heterocycles. The van der Waals surface area contributed by atoms with Gasteiger partial charge < -0.3 is 4.90 Å². The van der Waals surface area contributed by atoms with Crippen LogP contribution in [0.4, 0.5) is 0 Å². The summed E-state index contributed by atoms with van der Waals surface area (Å²) in [6.45, 7) is 2.66. The van der Waals surface area contributed by atoms with Gasteiger partial charge in [-0.15, -0.1) is 22.7 Å². The van der Waals surface area contributed by atoms with Crippen molar-refractivity contribution in [3.8, 4) is 0 Å². The maximum absolute atomic E-state index is 13.4. The molecule has 2 aromatic heterocycles. The Bertz CT molecular complexity index is 1040. The van der Waals surface area contributed by atoms with E-state index in [4.69, 9.17) is 0 Å². The zero-order valence-corrected chi connectivity index (χ0v) is 17.2. The summed E-state index contributed by atoms with van der Waals surface area (Å²) >= 11 is 3.15. The molecule has 4 nitrogen and oxygen atoms in total. The van der Waals surface area contributed by atoms with Gasteiger partial charge in [0.05, 0.1) is 22.3 Å². The molecule has 1 amide bonds. The molecule has 28 heavy (non-hydrogen) atoms. The number of carbonyl (C=O) groups is 1. The number of hydrogen-bond acceptors (Lipinski definition) is 5. The van der Waals surface area contributed by atoms with Gasteiger partial charge in [0, 0.05) is 23.2 Å². The number of fused-ring (bicyclic) bond motifs is 1. The molecule has 6 heteroatoms. The van der Waals surface area contributed by atoms with E-state index in [1.165, 1.54) is 5.56 Å². The van der Waals surface area contributed by atoms with Crippen LogP contribution in [0.3, 0.4) is 0 Å². The van der Waals surface area contributed by atoms with Gasteiger partial charge in [0.25, 0.3) is 5.91 Å². The fraction of sp³-hybridized carbons (Fsp3) is 0.227. The summed E-state index contributed by atoms with van der Waals surface area (Å²) in [4.78, 5) is 24.0. The van der Waals surface area contributed by atoms with Gasteiger partial charge in [-0.25, -0.2) is 9.97 Å². The first-order chi connectivity index (χ1) is 13.7. The molecule has 0 spiro atoms. The van der Waals surface area contributed by atoms with Crippen LogP contribution in [-0.4, -0.2) is 26.8 Å². The minimum atomic E-state index is 0.0473. The number of thiazole rings is 2. The van der Waals surface area contributed by atoms with Crippen LogP contribution in [0, 0.1) is 0 Å². The number of carbonyl (C=O) groups excluding carboxylic acids is 1. The number of rotatable bonds is 7. The van der Waals surface area contributed by atoms with E-state index in [0.29, 0.717) is 12.1 Å². The first-order valence-electron chi connectivity index (χ1n) is 9.27. The maximum Gasteiger partial charge on any atom is 0.254 e. The smallest absolute Gasteiger partial charge is 0.254 e. The predicted octanol–water partition coefficient (Wildman–Crippen LogP) is 5.42. The van der Waals surface area contributed by atoms with Crippen molar-refractivity contribution >= 4 is 38.8 Å². The number of hydrogen-bond donors (Lipinski definition) is 0. The van der Waals surface area contributed by atoms with Gasteiger partial charge in [-0.3, -0.25) is 4.79 Å². The molecule has 0 saturated heterocycles. The zero-order chi connectivity index (χ0) is 19.3. The van der Waals surface area contributed by atoms with Crippen molar-refractivity contribution in [3.63, 3.8) is 0 Å². The molecule has 0 fully saturated rings. The molecule has 0 bridgehead atoms. The highest BCUT2D eigenvalue weighted by Gasteiger charge is 2.23.